The van der Waals surface area contributed by atoms with Gasteiger partial charge in [-0.1, -0.05) is 13.8 Å². The molecule has 0 rings (SSSR count). The first kappa shape index (κ1) is 8.62. The van der Waals surface area contributed by atoms with Gasteiger partial charge < -0.3 is 11.5 Å². The fraction of sp³-hybridized carbons (Fsp3) is 0.800. The van der Waals surface area contributed by atoms with Gasteiger partial charge in [0.2, 0.25) is 0 Å². The Kier molecular flexibility index (Phi) is 4.30. The van der Waals surface area contributed by atoms with Gasteiger partial charge in [0.05, 0.1) is 0 Å². The summed E-state index contributed by atoms with van der Waals surface area (Å²) >= 11 is 1.41. The van der Waals surface area contributed by atoms with Crippen LogP contribution in [0.4, 0.5) is 0 Å². The molecule has 0 amide bonds. The van der Waals surface area contributed by atoms with Crippen LogP contribution in [-0.2, 0) is 0 Å². The van der Waals surface area contributed by atoms with E-state index in [1.165, 1.54) is 11.9 Å². The van der Waals surface area contributed by atoms with Gasteiger partial charge in [-0.2, -0.15) is 4.40 Å². The zero-order valence-corrected chi connectivity index (χ0v) is 6.61. The topological polar surface area (TPSA) is 64.4 Å². The molecule has 0 aromatic rings. The second-order valence-electron chi connectivity index (χ2n) is 2.21. The molecule has 0 saturated carbocycles. The lowest BCUT2D eigenvalue weighted by atomic mass is 10.3. The molecular formula is C5H13N3S. The van der Waals surface area contributed by atoms with Gasteiger partial charge in [0.1, 0.15) is 0 Å². The summed E-state index contributed by atoms with van der Waals surface area (Å²) in [5.74, 6) is 1.76. The molecule has 0 radical (unpaired) electrons. The zero-order valence-electron chi connectivity index (χ0n) is 5.79. The van der Waals surface area contributed by atoms with Crippen molar-refractivity contribution in [3.8, 4) is 0 Å². The van der Waals surface area contributed by atoms with Crippen LogP contribution in [-0.4, -0.2) is 11.7 Å². The Hall–Kier alpha value is -0.380. The van der Waals surface area contributed by atoms with Crippen LogP contribution >= 0.6 is 11.9 Å². The fourth-order valence-electron chi connectivity index (χ4n) is 0.261. The van der Waals surface area contributed by atoms with Gasteiger partial charge in [-0.05, 0) is 17.9 Å². The van der Waals surface area contributed by atoms with Gasteiger partial charge >= 0.3 is 0 Å². The quantitative estimate of drug-likeness (QED) is 0.348. The van der Waals surface area contributed by atoms with E-state index in [2.05, 4.69) is 18.2 Å². The predicted octanol–water partition coefficient (Wildman–Crippen LogP) is 0.564. The average Bonchev–Trinajstić information content (AvgIpc) is 1.63. The predicted molar refractivity (Wildman–Crippen MR) is 43.1 cm³/mol. The zero-order chi connectivity index (χ0) is 7.28. The van der Waals surface area contributed by atoms with E-state index < -0.39 is 0 Å². The molecule has 0 heterocycles. The maximum Gasteiger partial charge on any atom is 0.197 e. The third kappa shape index (κ3) is 7.62. The van der Waals surface area contributed by atoms with Crippen LogP contribution in [0.3, 0.4) is 0 Å². The van der Waals surface area contributed by atoms with E-state index in [9.17, 15) is 0 Å². The van der Waals surface area contributed by atoms with Gasteiger partial charge in [-0.15, -0.1) is 0 Å². The first-order valence-corrected chi connectivity index (χ1v) is 3.78. The first-order chi connectivity index (χ1) is 4.13. The Balaban J connectivity index is 3.20. The number of rotatable bonds is 3. The van der Waals surface area contributed by atoms with Crippen LogP contribution in [0.15, 0.2) is 4.40 Å². The lowest BCUT2D eigenvalue weighted by molar-refractivity contribution is 0.750. The summed E-state index contributed by atoms with van der Waals surface area (Å²) in [6.07, 6.45) is 0. The molecule has 9 heavy (non-hydrogen) atoms. The summed E-state index contributed by atoms with van der Waals surface area (Å²) in [6.45, 7) is 4.24. The Morgan fingerprint density at radius 3 is 2.44 bits per heavy atom. The summed E-state index contributed by atoms with van der Waals surface area (Å²) in [7, 11) is 0. The smallest absolute Gasteiger partial charge is 0.197 e. The van der Waals surface area contributed by atoms with E-state index in [4.69, 9.17) is 11.5 Å². The van der Waals surface area contributed by atoms with Crippen LogP contribution in [0.25, 0.3) is 0 Å². The van der Waals surface area contributed by atoms with E-state index in [1.54, 1.807) is 0 Å². The first-order valence-electron chi connectivity index (χ1n) is 2.84. The molecule has 0 aromatic heterocycles. The van der Waals surface area contributed by atoms with Crippen molar-refractivity contribution in [2.45, 2.75) is 13.8 Å². The highest BCUT2D eigenvalue weighted by Crippen LogP contribution is 2.06. The number of hydrogen-bond acceptors (Lipinski definition) is 2. The summed E-state index contributed by atoms with van der Waals surface area (Å²) < 4.78 is 3.75. The van der Waals surface area contributed by atoms with E-state index in [0.29, 0.717) is 5.92 Å². The summed E-state index contributed by atoms with van der Waals surface area (Å²) in [6, 6.07) is 0. The summed E-state index contributed by atoms with van der Waals surface area (Å²) in [4.78, 5) is 0. The van der Waals surface area contributed by atoms with Crippen LogP contribution in [0.2, 0.25) is 0 Å². The van der Waals surface area contributed by atoms with Crippen LogP contribution in [0.5, 0.6) is 0 Å². The highest BCUT2D eigenvalue weighted by atomic mass is 32.2. The van der Waals surface area contributed by atoms with Gasteiger partial charge in [-0.25, -0.2) is 0 Å². The van der Waals surface area contributed by atoms with Crippen molar-refractivity contribution in [2.75, 3.05) is 5.75 Å². The molecule has 4 N–H and O–H groups in total. The van der Waals surface area contributed by atoms with Gasteiger partial charge in [0.15, 0.2) is 5.96 Å². The minimum Gasteiger partial charge on any atom is -0.369 e. The molecule has 0 fully saturated rings. The van der Waals surface area contributed by atoms with Crippen LogP contribution in [0, 0.1) is 5.92 Å². The summed E-state index contributed by atoms with van der Waals surface area (Å²) in [5, 5.41) is 0. The molecule has 0 atom stereocenters. The van der Waals surface area contributed by atoms with Gasteiger partial charge in [0.25, 0.3) is 0 Å². The molecule has 0 aliphatic heterocycles. The van der Waals surface area contributed by atoms with Crippen LogP contribution < -0.4 is 11.5 Å². The summed E-state index contributed by atoms with van der Waals surface area (Å²) in [5.41, 5.74) is 10.2. The van der Waals surface area contributed by atoms with Crippen LogP contribution in [0.1, 0.15) is 13.8 Å². The average molecular weight is 147 g/mol. The molecule has 0 unspecified atom stereocenters. The Bertz CT molecular complexity index is 96.4. The number of hydrogen-bond donors (Lipinski definition) is 2. The Labute approximate surface area is 60.0 Å². The van der Waals surface area contributed by atoms with E-state index in [0.717, 1.165) is 5.75 Å². The fourth-order valence-corrected chi connectivity index (χ4v) is 0.783. The highest BCUT2D eigenvalue weighted by molar-refractivity contribution is 7.98. The lowest BCUT2D eigenvalue weighted by Crippen LogP contribution is -2.21. The van der Waals surface area contributed by atoms with Crippen molar-refractivity contribution < 1.29 is 0 Å². The number of nitrogens with zero attached hydrogens (tertiary/aromatic N) is 1. The molecule has 0 aromatic carbocycles. The minimum absolute atomic E-state index is 0.153. The monoisotopic (exact) mass is 147 g/mol. The Morgan fingerprint density at radius 1 is 1.56 bits per heavy atom. The van der Waals surface area contributed by atoms with Crippen molar-refractivity contribution in [2.24, 2.45) is 21.8 Å². The molecule has 54 valence electrons. The van der Waals surface area contributed by atoms with Crippen molar-refractivity contribution in [1.29, 1.82) is 0 Å². The standard InChI is InChI=1S/C5H13N3S/c1-4(2)3-9-8-5(6)7/h4H,3H2,1-2H3,(H4,6,7,8). The van der Waals surface area contributed by atoms with E-state index in [-0.39, 0.29) is 5.96 Å². The minimum atomic E-state index is 0.153. The molecule has 0 aliphatic carbocycles. The van der Waals surface area contributed by atoms with Gasteiger partial charge in [-0.3, -0.25) is 0 Å². The molecule has 0 bridgehead atoms. The maximum atomic E-state index is 5.09. The van der Waals surface area contributed by atoms with E-state index in [1.807, 2.05) is 0 Å². The second-order valence-corrected chi connectivity index (χ2v) is 2.98. The molecule has 0 spiro atoms. The lowest BCUT2D eigenvalue weighted by Gasteiger charge is -1.97. The molecular weight excluding hydrogens is 134 g/mol. The Morgan fingerprint density at radius 2 is 2.11 bits per heavy atom. The second kappa shape index (κ2) is 4.49. The van der Waals surface area contributed by atoms with Gasteiger partial charge in [0, 0.05) is 5.75 Å². The van der Waals surface area contributed by atoms with Crippen molar-refractivity contribution in [1.82, 2.24) is 0 Å². The van der Waals surface area contributed by atoms with Crippen molar-refractivity contribution in [3.05, 3.63) is 0 Å². The maximum absolute atomic E-state index is 5.09. The molecule has 0 saturated heterocycles. The highest BCUT2D eigenvalue weighted by Gasteiger charge is 1.91. The normalized spacial score (nSPS) is 9.67. The third-order valence-electron chi connectivity index (χ3n) is 0.578. The SMILES string of the molecule is CC(C)CSN=C(N)N. The molecule has 4 heteroatoms. The number of guanidine groups is 1. The number of nitrogens with two attached hydrogens (primary N) is 2. The third-order valence-corrected chi connectivity index (χ3v) is 1.73. The van der Waals surface area contributed by atoms with Crippen molar-refractivity contribution >= 4 is 17.9 Å². The molecule has 0 aliphatic rings. The molecule has 3 nitrogen and oxygen atoms in total. The van der Waals surface area contributed by atoms with Crippen molar-refractivity contribution in [3.63, 3.8) is 0 Å². The van der Waals surface area contributed by atoms with E-state index >= 15 is 0 Å². The largest absolute Gasteiger partial charge is 0.369 e.